The minimum absolute atomic E-state index is 0.101. The maximum absolute atomic E-state index is 11.8. The van der Waals surface area contributed by atoms with Crippen LogP contribution in [0.5, 0.6) is 0 Å². The number of aromatic carboxylic acids is 1. The zero-order valence-electron chi connectivity index (χ0n) is 11.8. The molecule has 2 amide bonds. The van der Waals surface area contributed by atoms with E-state index in [9.17, 15) is 9.59 Å². The number of benzene rings is 1. The van der Waals surface area contributed by atoms with Gasteiger partial charge >= 0.3 is 12.0 Å². The van der Waals surface area contributed by atoms with Crippen LogP contribution in [-0.4, -0.2) is 41.6 Å². The molecule has 5 nitrogen and oxygen atoms in total. The zero-order valence-corrected chi connectivity index (χ0v) is 11.8. The Morgan fingerprint density at radius 2 is 2.10 bits per heavy atom. The van der Waals surface area contributed by atoms with Crippen LogP contribution in [0.1, 0.15) is 22.8 Å². The summed E-state index contributed by atoms with van der Waals surface area (Å²) >= 11 is 0. The number of rotatable bonds is 6. The molecule has 0 saturated carbocycles. The van der Waals surface area contributed by atoms with E-state index in [2.05, 4.69) is 11.9 Å². The average Bonchev–Trinajstić information content (AvgIpc) is 2.44. The number of likely N-dealkylation sites (N-methyl/N-ethyl adjacent to an activating group) is 1. The van der Waals surface area contributed by atoms with Crippen molar-refractivity contribution in [3.63, 3.8) is 0 Å². The second-order valence-corrected chi connectivity index (χ2v) is 4.61. The normalized spacial score (nSPS) is 11.5. The number of hydrogen-bond donors (Lipinski definition) is 2. The lowest BCUT2D eigenvalue weighted by Crippen LogP contribution is -2.42. The van der Waals surface area contributed by atoms with Crippen molar-refractivity contribution in [2.24, 2.45) is 0 Å². The van der Waals surface area contributed by atoms with Gasteiger partial charge in [-0.05, 0) is 25.0 Å². The molecule has 1 aromatic carbocycles. The van der Waals surface area contributed by atoms with E-state index in [0.29, 0.717) is 13.0 Å². The van der Waals surface area contributed by atoms with Gasteiger partial charge in [0.15, 0.2) is 0 Å². The summed E-state index contributed by atoms with van der Waals surface area (Å²) < 4.78 is 0. The Morgan fingerprint density at radius 3 is 2.70 bits per heavy atom. The first-order chi connectivity index (χ1) is 9.45. The minimum Gasteiger partial charge on any atom is -0.478 e. The van der Waals surface area contributed by atoms with E-state index in [1.807, 2.05) is 6.92 Å². The number of carboxylic acids is 1. The first-order valence-electron chi connectivity index (χ1n) is 6.41. The van der Waals surface area contributed by atoms with Gasteiger partial charge in [-0.1, -0.05) is 24.3 Å². The summed E-state index contributed by atoms with van der Waals surface area (Å²) in [7, 11) is 1.68. The lowest BCUT2D eigenvalue weighted by atomic mass is 10.0. The predicted molar refractivity (Wildman–Crippen MR) is 77.9 cm³/mol. The molecule has 108 valence electrons. The number of amides is 2. The Morgan fingerprint density at radius 1 is 1.45 bits per heavy atom. The van der Waals surface area contributed by atoms with Crippen molar-refractivity contribution in [3.8, 4) is 0 Å². The highest BCUT2D eigenvalue weighted by atomic mass is 16.4. The second kappa shape index (κ2) is 7.33. The standard InChI is InChI=1S/C15H20N2O3/c1-4-11(2)16-15(20)17(3)10-9-12-7-5-6-8-13(12)14(18)19/h4-8,11H,1,9-10H2,2-3H3,(H,16,20)(H,18,19). The highest BCUT2D eigenvalue weighted by Crippen LogP contribution is 2.10. The van der Waals surface area contributed by atoms with Gasteiger partial charge in [-0.3, -0.25) is 0 Å². The molecule has 0 aliphatic carbocycles. The van der Waals surface area contributed by atoms with Crippen molar-refractivity contribution in [2.45, 2.75) is 19.4 Å². The van der Waals surface area contributed by atoms with Gasteiger partial charge in [0, 0.05) is 19.6 Å². The van der Waals surface area contributed by atoms with Crippen LogP contribution in [0.25, 0.3) is 0 Å². The molecule has 1 unspecified atom stereocenters. The van der Waals surface area contributed by atoms with E-state index in [-0.39, 0.29) is 17.6 Å². The number of carboxylic acid groups (broad SMARTS) is 1. The lowest BCUT2D eigenvalue weighted by molar-refractivity contribution is 0.0695. The van der Waals surface area contributed by atoms with Crippen molar-refractivity contribution in [1.29, 1.82) is 0 Å². The van der Waals surface area contributed by atoms with E-state index in [4.69, 9.17) is 5.11 Å². The quantitative estimate of drug-likeness (QED) is 0.782. The van der Waals surface area contributed by atoms with Crippen LogP contribution in [0.4, 0.5) is 4.79 Å². The Bertz CT molecular complexity index is 500. The molecule has 0 radical (unpaired) electrons. The number of urea groups is 1. The SMILES string of the molecule is C=CC(C)NC(=O)N(C)CCc1ccccc1C(=O)O. The maximum atomic E-state index is 11.8. The van der Waals surface area contributed by atoms with Crippen LogP contribution in [0.15, 0.2) is 36.9 Å². The zero-order chi connectivity index (χ0) is 15.1. The summed E-state index contributed by atoms with van der Waals surface area (Å²) in [4.78, 5) is 24.4. The Kier molecular flexibility index (Phi) is 5.77. The van der Waals surface area contributed by atoms with Crippen LogP contribution >= 0.6 is 0 Å². The van der Waals surface area contributed by atoms with Crippen LogP contribution in [-0.2, 0) is 6.42 Å². The monoisotopic (exact) mass is 276 g/mol. The molecule has 5 heteroatoms. The molecule has 0 bridgehead atoms. The molecule has 2 N–H and O–H groups in total. The lowest BCUT2D eigenvalue weighted by Gasteiger charge is -2.20. The van der Waals surface area contributed by atoms with Gasteiger partial charge in [0.2, 0.25) is 0 Å². The number of nitrogens with zero attached hydrogens (tertiary/aromatic N) is 1. The number of carbonyl (C=O) groups is 2. The van der Waals surface area contributed by atoms with Crippen LogP contribution in [0, 0.1) is 0 Å². The van der Waals surface area contributed by atoms with E-state index < -0.39 is 5.97 Å². The first kappa shape index (κ1) is 15.8. The first-order valence-corrected chi connectivity index (χ1v) is 6.41. The van der Waals surface area contributed by atoms with Gasteiger partial charge in [0.05, 0.1) is 5.56 Å². The summed E-state index contributed by atoms with van der Waals surface area (Å²) in [5.74, 6) is -0.951. The van der Waals surface area contributed by atoms with Crippen molar-refractivity contribution >= 4 is 12.0 Å². The third kappa shape index (κ3) is 4.42. The molecule has 1 atom stereocenters. The smallest absolute Gasteiger partial charge is 0.335 e. The summed E-state index contributed by atoms with van der Waals surface area (Å²) in [6.07, 6.45) is 2.14. The molecule has 0 fully saturated rings. The molecule has 0 aliphatic rings. The minimum atomic E-state index is -0.951. The highest BCUT2D eigenvalue weighted by Gasteiger charge is 2.13. The fourth-order valence-electron chi connectivity index (χ4n) is 1.70. The van der Waals surface area contributed by atoms with Gasteiger partial charge in [0.1, 0.15) is 0 Å². The summed E-state index contributed by atoms with van der Waals surface area (Å²) in [5, 5.41) is 11.8. The Balaban J connectivity index is 2.61. The molecule has 0 aromatic heterocycles. The molecule has 0 aliphatic heterocycles. The van der Waals surface area contributed by atoms with Crippen molar-refractivity contribution < 1.29 is 14.7 Å². The summed E-state index contributed by atoms with van der Waals surface area (Å²) in [6.45, 7) is 5.88. The molecule has 0 spiro atoms. The van der Waals surface area contributed by atoms with Crippen LogP contribution < -0.4 is 5.32 Å². The van der Waals surface area contributed by atoms with Gasteiger partial charge in [-0.15, -0.1) is 6.58 Å². The molecule has 0 saturated heterocycles. The summed E-state index contributed by atoms with van der Waals surface area (Å²) in [6, 6.07) is 6.51. The molecule has 1 aromatic rings. The average molecular weight is 276 g/mol. The molecular formula is C15H20N2O3. The van der Waals surface area contributed by atoms with Gasteiger partial charge < -0.3 is 15.3 Å². The maximum Gasteiger partial charge on any atom is 0.335 e. The summed E-state index contributed by atoms with van der Waals surface area (Å²) in [5.41, 5.74) is 0.997. The van der Waals surface area contributed by atoms with E-state index >= 15 is 0 Å². The molecule has 1 rings (SSSR count). The van der Waals surface area contributed by atoms with Gasteiger partial charge in [0.25, 0.3) is 0 Å². The fraction of sp³-hybridized carbons (Fsp3) is 0.333. The van der Waals surface area contributed by atoms with E-state index in [1.54, 1.807) is 37.4 Å². The largest absolute Gasteiger partial charge is 0.478 e. The van der Waals surface area contributed by atoms with Crippen LogP contribution in [0.3, 0.4) is 0 Å². The van der Waals surface area contributed by atoms with Crippen molar-refractivity contribution in [1.82, 2.24) is 10.2 Å². The topological polar surface area (TPSA) is 69.6 Å². The van der Waals surface area contributed by atoms with Gasteiger partial charge in [-0.25, -0.2) is 9.59 Å². The molecule has 0 heterocycles. The van der Waals surface area contributed by atoms with Crippen molar-refractivity contribution in [2.75, 3.05) is 13.6 Å². The fourth-order valence-corrected chi connectivity index (χ4v) is 1.70. The number of carbonyl (C=O) groups excluding carboxylic acids is 1. The molecular weight excluding hydrogens is 256 g/mol. The third-order valence-electron chi connectivity index (χ3n) is 3.02. The number of hydrogen-bond acceptors (Lipinski definition) is 2. The van der Waals surface area contributed by atoms with Crippen molar-refractivity contribution in [3.05, 3.63) is 48.0 Å². The van der Waals surface area contributed by atoms with Gasteiger partial charge in [-0.2, -0.15) is 0 Å². The molecule has 20 heavy (non-hydrogen) atoms. The third-order valence-corrected chi connectivity index (χ3v) is 3.02. The predicted octanol–water partition coefficient (Wildman–Crippen LogP) is 2.14. The second-order valence-electron chi connectivity index (χ2n) is 4.61. The highest BCUT2D eigenvalue weighted by molar-refractivity contribution is 5.89. The number of nitrogens with one attached hydrogen (secondary N) is 1. The van der Waals surface area contributed by atoms with E-state index in [1.165, 1.54) is 4.90 Å². The van der Waals surface area contributed by atoms with E-state index in [0.717, 1.165) is 5.56 Å². The Hall–Kier alpha value is -2.30. The van der Waals surface area contributed by atoms with Crippen LogP contribution in [0.2, 0.25) is 0 Å². The Labute approximate surface area is 118 Å².